The number of carbonyl (C=O) groups is 1. The van der Waals surface area contributed by atoms with Crippen LogP contribution in [0.1, 0.15) is 51.3 Å². The Kier molecular flexibility index (Phi) is 7.88. The van der Waals surface area contributed by atoms with Gasteiger partial charge >= 0.3 is 5.69 Å². The van der Waals surface area contributed by atoms with E-state index in [1.54, 1.807) is 23.6 Å². The molecule has 1 fully saturated rings. The summed E-state index contributed by atoms with van der Waals surface area (Å²) in [4.78, 5) is 43.4. The van der Waals surface area contributed by atoms with Crippen molar-refractivity contribution in [2.24, 2.45) is 5.92 Å². The summed E-state index contributed by atoms with van der Waals surface area (Å²) in [6.45, 7) is 8.96. The zero-order chi connectivity index (χ0) is 26.7. The minimum absolute atomic E-state index is 0.0342. The second-order valence-corrected chi connectivity index (χ2v) is 10.5. The lowest BCUT2D eigenvalue weighted by molar-refractivity contribution is -0.122. The van der Waals surface area contributed by atoms with Gasteiger partial charge in [-0.2, -0.15) is 5.26 Å². The van der Waals surface area contributed by atoms with Crippen LogP contribution in [0.15, 0.2) is 39.6 Å². The van der Waals surface area contributed by atoms with Crippen LogP contribution >= 0.6 is 0 Å². The lowest BCUT2D eigenvalue weighted by Gasteiger charge is -2.31. The van der Waals surface area contributed by atoms with E-state index >= 15 is 0 Å². The highest BCUT2D eigenvalue weighted by molar-refractivity contribution is 5.79. The second-order valence-electron chi connectivity index (χ2n) is 10.5. The van der Waals surface area contributed by atoms with Gasteiger partial charge in [-0.25, -0.2) is 4.79 Å². The number of likely N-dealkylation sites (N-methyl/N-ethyl adjacent to an activating group) is 1. The molecule has 4 rings (SSSR count). The molecule has 0 aromatic carbocycles. The number of likely N-dealkylation sites (tertiary alicyclic amines) is 1. The molecule has 9 nitrogen and oxygen atoms in total. The summed E-state index contributed by atoms with van der Waals surface area (Å²) in [5.74, 6) is -0.155. The molecule has 37 heavy (non-hydrogen) atoms. The second kappa shape index (κ2) is 10.9. The fourth-order valence-corrected chi connectivity index (χ4v) is 5.83. The van der Waals surface area contributed by atoms with E-state index in [2.05, 4.69) is 46.6 Å². The molecule has 9 heteroatoms. The van der Waals surface area contributed by atoms with Gasteiger partial charge in [0.2, 0.25) is 5.91 Å². The molecule has 0 bridgehead atoms. The van der Waals surface area contributed by atoms with Gasteiger partial charge in [0.05, 0.1) is 11.8 Å². The predicted molar refractivity (Wildman–Crippen MR) is 144 cm³/mol. The number of nitrogens with one attached hydrogen (secondary N) is 1. The molecule has 0 saturated carbocycles. The van der Waals surface area contributed by atoms with Crippen molar-refractivity contribution in [3.05, 3.63) is 62.1 Å². The fourth-order valence-electron chi connectivity index (χ4n) is 5.83. The molecule has 3 atom stereocenters. The van der Waals surface area contributed by atoms with Crippen LogP contribution in [0, 0.1) is 17.2 Å². The molecule has 3 heterocycles. The van der Waals surface area contributed by atoms with Crippen molar-refractivity contribution < 1.29 is 4.79 Å². The van der Waals surface area contributed by atoms with Crippen molar-refractivity contribution in [3.8, 4) is 6.07 Å². The SMILES string of the molecule is CCn1c2c(c(=O)n(CC)c1=O)CC(C#N)(NC(=O)CC(C)CN1C=C(C3CCCN3C)C=CC1)C=C2. The molecule has 1 aliphatic carbocycles. The molecular weight excluding hydrogens is 468 g/mol. The summed E-state index contributed by atoms with van der Waals surface area (Å²) in [6.07, 6.45) is 12.6. The van der Waals surface area contributed by atoms with E-state index < -0.39 is 11.1 Å². The topological polar surface area (TPSA) is 103 Å². The van der Waals surface area contributed by atoms with Gasteiger partial charge in [-0.05, 0) is 63.9 Å². The third kappa shape index (κ3) is 5.35. The monoisotopic (exact) mass is 506 g/mol. The summed E-state index contributed by atoms with van der Waals surface area (Å²) >= 11 is 0. The molecule has 1 amide bonds. The van der Waals surface area contributed by atoms with Gasteiger partial charge in [0.25, 0.3) is 5.56 Å². The lowest BCUT2D eigenvalue weighted by atomic mass is 9.86. The number of carbonyl (C=O) groups excluding carboxylic acids is 1. The van der Waals surface area contributed by atoms with Gasteiger partial charge in [0, 0.05) is 56.8 Å². The minimum atomic E-state index is -1.32. The van der Waals surface area contributed by atoms with Crippen molar-refractivity contribution in [1.29, 1.82) is 5.26 Å². The molecule has 1 N–H and O–H groups in total. The van der Waals surface area contributed by atoms with Crippen LogP contribution in [0.4, 0.5) is 0 Å². The van der Waals surface area contributed by atoms with Gasteiger partial charge in [0.1, 0.15) is 0 Å². The lowest BCUT2D eigenvalue weighted by Crippen LogP contribution is -2.52. The Balaban J connectivity index is 1.44. The zero-order valence-electron chi connectivity index (χ0n) is 22.4. The Morgan fingerprint density at radius 2 is 2.00 bits per heavy atom. The van der Waals surface area contributed by atoms with Crippen molar-refractivity contribution >= 4 is 12.0 Å². The number of amides is 1. The van der Waals surface area contributed by atoms with E-state index in [0.29, 0.717) is 23.8 Å². The third-order valence-electron chi connectivity index (χ3n) is 7.71. The smallest absolute Gasteiger partial charge is 0.331 e. The van der Waals surface area contributed by atoms with Crippen molar-refractivity contribution in [2.45, 2.75) is 71.1 Å². The predicted octanol–water partition coefficient (Wildman–Crippen LogP) is 1.87. The Labute approximate surface area is 218 Å². The van der Waals surface area contributed by atoms with Gasteiger partial charge < -0.3 is 10.2 Å². The number of nitrogens with zero attached hydrogens (tertiary/aromatic N) is 5. The first-order valence-corrected chi connectivity index (χ1v) is 13.3. The number of nitriles is 1. The maximum atomic E-state index is 13.1. The minimum Gasteiger partial charge on any atom is -0.373 e. The first kappa shape index (κ1) is 26.7. The van der Waals surface area contributed by atoms with E-state index in [1.807, 2.05) is 13.8 Å². The average Bonchev–Trinajstić information content (AvgIpc) is 3.31. The first-order valence-electron chi connectivity index (χ1n) is 13.3. The molecule has 1 saturated heterocycles. The molecule has 2 aliphatic heterocycles. The molecule has 3 aliphatic rings. The zero-order valence-corrected chi connectivity index (χ0v) is 22.4. The van der Waals surface area contributed by atoms with Gasteiger partial charge in [-0.1, -0.05) is 19.1 Å². The van der Waals surface area contributed by atoms with Gasteiger partial charge in [-0.3, -0.25) is 23.6 Å². The molecule has 3 unspecified atom stereocenters. The Morgan fingerprint density at radius 1 is 1.24 bits per heavy atom. The van der Waals surface area contributed by atoms with Gasteiger partial charge in [0.15, 0.2) is 5.54 Å². The number of hydrogen-bond donors (Lipinski definition) is 1. The van der Waals surface area contributed by atoms with Crippen LogP contribution in [0.5, 0.6) is 0 Å². The Hall–Kier alpha value is -3.38. The number of rotatable bonds is 8. The standard InChI is InChI=1S/C28H38N6O3/c1-5-33-24-11-12-28(19-29,16-22(24)26(36)34(6-2)27(33)37)30-25(35)15-20(3)17-32-14-7-9-21(18-32)23-10-8-13-31(23)4/h7,9,11-12,18,20,23H,5-6,8,10,13-17H2,1-4H3,(H,30,35). The maximum Gasteiger partial charge on any atom is 0.331 e. The van der Waals surface area contributed by atoms with Crippen molar-refractivity contribution in [1.82, 2.24) is 24.3 Å². The van der Waals surface area contributed by atoms with Crippen LogP contribution < -0.4 is 16.6 Å². The summed E-state index contributed by atoms with van der Waals surface area (Å²) in [5.41, 5.74) is 0.149. The van der Waals surface area contributed by atoms with Crippen molar-refractivity contribution in [2.75, 3.05) is 26.7 Å². The largest absolute Gasteiger partial charge is 0.373 e. The van der Waals surface area contributed by atoms with E-state index in [0.717, 1.165) is 19.6 Å². The van der Waals surface area contributed by atoms with E-state index in [1.165, 1.54) is 23.0 Å². The van der Waals surface area contributed by atoms with Crippen LogP contribution in [0.3, 0.4) is 0 Å². The molecule has 1 aromatic heterocycles. The Bertz CT molecular complexity index is 1300. The fraction of sp³-hybridized carbons (Fsp3) is 0.571. The third-order valence-corrected chi connectivity index (χ3v) is 7.71. The van der Waals surface area contributed by atoms with E-state index in [4.69, 9.17) is 0 Å². The quantitative estimate of drug-likeness (QED) is 0.578. The van der Waals surface area contributed by atoms with E-state index in [9.17, 15) is 19.6 Å². The summed E-state index contributed by atoms with van der Waals surface area (Å²) < 4.78 is 2.73. The molecular formula is C28H38N6O3. The molecule has 0 spiro atoms. The van der Waals surface area contributed by atoms with Crippen molar-refractivity contribution in [3.63, 3.8) is 0 Å². The maximum absolute atomic E-state index is 13.1. The molecule has 1 aromatic rings. The molecule has 0 radical (unpaired) electrons. The highest BCUT2D eigenvalue weighted by Gasteiger charge is 2.36. The van der Waals surface area contributed by atoms with Crippen LogP contribution in [0.25, 0.3) is 6.08 Å². The summed E-state index contributed by atoms with van der Waals surface area (Å²) in [6, 6.07) is 2.67. The summed E-state index contributed by atoms with van der Waals surface area (Å²) in [5, 5.41) is 12.9. The number of fused-ring (bicyclic) bond motifs is 1. The summed E-state index contributed by atoms with van der Waals surface area (Å²) in [7, 11) is 2.17. The van der Waals surface area contributed by atoms with Crippen LogP contribution in [0.2, 0.25) is 0 Å². The normalized spacial score (nSPS) is 23.9. The highest BCUT2D eigenvalue weighted by Crippen LogP contribution is 2.26. The van der Waals surface area contributed by atoms with Crippen LogP contribution in [-0.4, -0.2) is 63.1 Å². The number of hydrogen-bond acceptors (Lipinski definition) is 6. The molecule has 198 valence electrons. The first-order chi connectivity index (χ1) is 17.7. The Morgan fingerprint density at radius 3 is 2.65 bits per heavy atom. The number of aromatic nitrogens is 2. The highest BCUT2D eigenvalue weighted by atomic mass is 16.2. The van der Waals surface area contributed by atoms with Gasteiger partial charge in [-0.15, -0.1) is 0 Å². The van der Waals surface area contributed by atoms with Crippen LogP contribution in [-0.2, 0) is 24.3 Å². The van der Waals surface area contributed by atoms with E-state index in [-0.39, 0.29) is 36.9 Å². The average molecular weight is 507 g/mol.